The molecule has 1 fully saturated rings. The Hall–Kier alpha value is -1.84. The van der Waals surface area contributed by atoms with Gasteiger partial charge >= 0.3 is 27.9 Å². The smallest absolute Gasteiger partial charge is 0.461 e. The van der Waals surface area contributed by atoms with Crippen LogP contribution in [0.5, 0.6) is 11.5 Å². The summed E-state index contributed by atoms with van der Waals surface area (Å²) >= 11 is 0. The topological polar surface area (TPSA) is 181 Å². The van der Waals surface area contributed by atoms with E-state index in [0.29, 0.717) is 5.76 Å². The summed E-state index contributed by atoms with van der Waals surface area (Å²) in [4.78, 5) is 0. The molecule has 0 amide bonds. The number of hydrogen-bond acceptors (Lipinski definition) is 9. The summed E-state index contributed by atoms with van der Waals surface area (Å²) in [5.74, 6) is -1.19. The molecule has 1 saturated carbocycles. The Kier molecular flexibility index (Phi) is 6.26. The van der Waals surface area contributed by atoms with Gasteiger partial charge in [0.05, 0.1) is 5.46 Å². The van der Waals surface area contributed by atoms with E-state index < -0.39 is 50.3 Å². The van der Waals surface area contributed by atoms with Gasteiger partial charge in [0.25, 0.3) is 0 Å². The first-order chi connectivity index (χ1) is 15.9. The molecule has 1 aromatic heterocycles. The van der Waals surface area contributed by atoms with Gasteiger partial charge in [-0.15, -0.1) is 0 Å². The highest BCUT2D eigenvalue weighted by Gasteiger charge is 2.52. The van der Waals surface area contributed by atoms with Crippen molar-refractivity contribution in [3.05, 3.63) is 17.4 Å². The van der Waals surface area contributed by atoms with Gasteiger partial charge in [-0.25, -0.2) is 0 Å². The van der Waals surface area contributed by atoms with Crippen LogP contribution in [0, 0.1) is 11.3 Å². The minimum absolute atomic E-state index is 0.0148. The predicted octanol–water partition coefficient (Wildman–Crippen LogP) is 2.46. The van der Waals surface area contributed by atoms with E-state index in [-0.39, 0.29) is 28.2 Å². The third-order valence-corrected chi connectivity index (χ3v) is 8.51. The van der Waals surface area contributed by atoms with Crippen LogP contribution in [0.1, 0.15) is 77.0 Å². The molecule has 2 aromatic rings. The normalized spacial score (nSPS) is 26.5. The molecule has 14 heteroatoms. The summed E-state index contributed by atoms with van der Waals surface area (Å²) in [6, 6.07) is 1.12. The fourth-order valence-corrected chi connectivity index (χ4v) is 7.18. The van der Waals surface area contributed by atoms with Crippen molar-refractivity contribution in [3.63, 3.8) is 0 Å². The lowest BCUT2D eigenvalue weighted by molar-refractivity contribution is 0.0504. The Morgan fingerprint density at radius 3 is 2.23 bits per heavy atom. The minimum atomic E-state index is -5.27. The fraction of sp³-hybridized carbons (Fsp3) is 0.619. The molecule has 2 aliphatic rings. The summed E-state index contributed by atoms with van der Waals surface area (Å²) in [6.45, 7) is 8.49. The molecule has 0 aliphatic heterocycles. The summed E-state index contributed by atoms with van der Waals surface area (Å²) < 4.78 is 79.9. The molecule has 0 spiro atoms. The molecule has 4 rings (SSSR count). The average Bonchev–Trinajstić information content (AvgIpc) is 2.99. The van der Waals surface area contributed by atoms with Crippen molar-refractivity contribution >= 4 is 44.3 Å². The zero-order chi connectivity index (χ0) is 26.1. The third-order valence-electron chi connectivity index (χ3n) is 7.74. The summed E-state index contributed by atoms with van der Waals surface area (Å²) in [6.07, 6.45) is 4.45. The highest BCUT2D eigenvalue weighted by atomic mass is 32.3. The van der Waals surface area contributed by atoms with E-state index >= 15 is 0 Å². The van der Waals surface area contributed by atoms with E-state index in [9.17, 15) is 36.0 Å². The van der Waals surface area contributed by atoms with Crippen molar-refractivity contribution in [3.8, 4) is 11.5 Å². The highest BCUT2D eigenvalue weighted by molar-refractivity contribution is 7.81. The molecule has 11 nitrogen and oxygen atoms in total. The van der Waals surface area contributed by atoms with E-state index in [2.05, 4.69) is 29.1 Å². The van der Waals surface area contributed by atoms with E-state index in [0.717, 1.165) is 43.7 Å². The SMILES string of the molecule is CC1CC[C@@H]2C(C)(C)CCC[C@@]2(C)c2c1oc1c(B(O)O)c(OS(=O)(=O)O)c(OS(=O)(=O)O)cc21. The number of hydrogen-bond donors (Lipinski definition) is 4. The minimum Gasteiger partial charge on any atom is -0.461 e. The van der Waals surface area contributed by atoms with Crippen molar-refractivity contribution < 1.29 is 48.8 Å². The second-order valence-electron chi connectivity index (χ2n) is 10.5. The summed E-state index contributed by atoms with van der Waals surface area (Å²) in [7, 11) is -12.9. The average molecular weight is 532 g/mol. The van der Waals surface area contributed by atoms with E-state index in [1.54, 1.807) is 0 Å². The van der Waals surface area contributed by atoms with E-state index in [1.165, 1.54) is 0 Å². The van der Waals surface area contributed by atoms with Crippen molar-refractivity contribution in [2.45, 2.75) is 71.1 Å². The molecule has 35 heavy (non-hydrogen) atoms. The maximum Gasteiger partial charge on any atom is 0.496 e. The Morgan fingerprint density at radius 1 is 1.03 bits per heavy atom. The van der Waals surface area contributed by atoms with Crippen LogP contribution in [0.15, 0.2) is 10.5 Å². The molecule has 3 atom stereocenters. The van der Waals surface area contributed by atoms with Gasteiger partial charge in [0.1, 0.15) is 11.3 Å². The number of furan rings is 1. The van der Waals surface area contributed by atoms with Gasteiger partial charge in [-0.3, -0.25) is 9.11 Å². The molecule has 1 unspecified atom stereocenters. The van der Waals surface area contributed by atoms with Crippen LogP contribution in [0.4, 0.5) is 0 Å². The first kappa shape index (κ1) is 26.2. The number of benzene rings is 1. The Balaban J connectivity index is 2.14. The molecule has 1 aromatic carbocycles. The quantitative estimate of drug-likeness (QED) is 0.328. The molecule has 1 heterocycles. The van der Waals surface area contributed by atoms with Crippen LogP contribution >= 0.6 is 0 Å². The second-order valence-corrected chi connectivity index (χ2v) is 12.6. The number of fused-ring (bicyclic) bond motifs is 5. The molecule has 194 valence electrons. The predicted molar refractivity (Wildman–Crippen MR) is 127 cm³/mol. The van der Waals surface area contributed by atoms with Gasteiger partial charge in [-0.1, -0.05) is 34.1 Å². The fourth-order valence-electron chi connectivity index (χ4n) is 6.45. The van der Waals surface area contributed by atoms with Crippen LogP contribution < -0.4 is 13.8 Å². The highest BCUT2D eigenvalue weighted by Crippen LogP contribution is 2.59. The van der Waals surface area contributed by atoms with Crippen molar-refractivity contribution in [1.29, 1.82) is 0 Å². The zero-order valence-electron chi connectivity index (χ0n) is 19.8. The first-order valence-electron chi connectivity index (χ1n) is 11.3. The van der Waals surface area contributed by atoms with Crippen molar-refractivity contribution in [2.24, 2.45) is 11.3 Å². The zero-order valence-corrected chi connectivity index (χ0v) is 21.4. The monoisotopic (exact) mass is 532 g/mol. The van der Waals surface area contributed by atoms with Crippen LogP contribution in [-0.4, -0.2) is 43.1 Å². The van der Waals surface area contributed by atoms with Crippen LogP contribution in [0.2, 0.25) is 0 Å². The van der Waals surface area contributed by atoms with Gasteiger partial charge in [0.2, 0.25) is 0 Å². The standard InChI is InChI=1S/C21H29BO11S2/c1-11-6-7-14-20(2,3)8-5-9-21(14,4)15-12-10-13(32-34(25,26)27)19(33-35(28,29)30)16(22(23)24)18(12)31-17(11)15/h10-11,14,23-24H,5-9H2,1-4H3,(H,25,26,27)(H,28,29,30)/t11?,14-,21-/m1/s1. The molecule has 2 aliphatic carbocycles. The summed E-state index contributed by atoms with van der Waals surface area (Å²) in [5.41, 5.74) is -0.501. The Morgan fingerprint density at radius 2 is 1.66 bits per heavy atom. The molecular formula is C21H29BO11S2. The lowest BCUT2D eigenvalue weighted by atomic mass is 9.53. The van der Waals surface area contributed by atoms with Crippen LogP contribution in [0.25, 0.3) is 11.0 Å². The van der Waals surface area contributed by atoms with Crippen LogP contribution in [-0.2, 0) is 26.2 Å². The van der Waals surface area contributed by atoms with Gasteiger partial charge < -0.3 is 22.8 Å². The van der Waals surface area contributed by atoms with Crippen molar-refractivity contribution in [1.82, 2.24) is 0 Å². The molecular weight excluding hydrogens is 503 g/mol. The van der Waals surface area contributed by atoms with E-state index in [4.69, 9.17) is 4.42 Å². The molecule has 0 bridgehead atoms. The second kappa shape index (κ2) is 8.35. The molecule has 4 N–H and O–H groups in total. The van der Waals surface area contributed by atoms with Gasteiger partial charge in [-0.05, 0) is 48.5 Å². The molecule has 0 radical (unpaired) electrons. The van der Waals surface area contributed by atoms with E-state index in [1.807, 2.05) is 6.92 Å². The maximum absolute atomic E-state index is 11.6. The van der Waals surface area contributed by atoms with Crippen molar-refractivity contribution in [2.75, 3.05) is 0 Å². The first-order valence-corrected chi connectivity index (χ1v) is 14.0. The lowest BCUT2D eigenvalue weighted by Gasteiger charge is -2.50. The Labute approximate surface area is 204 Å². The van der Waals surface area contributed by atoms with Gasteiger partial charge in [-0.2, -0.15) is 16.8 Å². The van der Waals surface area contributed by atoms with Crippen LogP contribution in [0.3, 0.4) is 0 Å². The maximum atomic E-state index is 11.6. The number of rotatable bonds is 5. The van der Waals surface area contributed by atoms with Gasteiger partial charge in [0.15, 0.2) is 11.5 Å². The Bertz CT molecular complexity index is 1380. The summed E-state index contributed by atoms with van der Waals surface area (Å²) in [5, 5.41) is 20.6. The van der Waals surface area contributed by atoms with Gasteiger partial charge in [0, 0.05) is 16.9 Å². The molecule has 0 saturated heterocycles. The largest absolute Gasteiger partial charge is 0.496 e. The third kappa shape index (κ3) is 4.67. The lowest BCUT2D eigenvalue weighted by Crippen LogP contribution is -2.44.